The fourth-order valence-corrected chi connectivity index (χ4v) is 2.13. The molecule has 0 aromatic heterocycles. The summed E-state index contributed by atoms with van der Waals surface area (Å²) in [6, 6.07) is -0.925. The third kappa shape index (κ3) is 4.56. The van der Waals surface area contributed by atoms with Crippen molar-refractivity contribution in [3.05, 3.63) is 0 Å². The molecule has 1 aliphatic heterocycles. The summed E-state index contributed by atoms with van der Waals surface area (Å²) in [4.78, 5) is 26.5. The summed E-state index contributed by atoms with van der Waals surface area (Å²) >= 11 is 0. The summed E-state index contributed by atoms with van der Waals surface area (Å²) in [7, 11) is 0. The topological polar surface area (TPSA) is 92.8 Å². The van der Waals surface area contributed by atoms with Gasteiger partial charge in [-0.1, -0.05) is 19.8 Å². The number of carboxylic acids is 1. The Hall–Kier alpha value is -1.23. The maximum Gasteiger partial charge on any atom is 0.320 e. The van der Waals surface area contributed by atoms with E-state index in [9.17, 15) is 9.59 Å². The van der Waals surface area contributed by atoms with Crippen LogP contribution in [0, 0.1) is 5.92 Å². The fourth-order valence-electron chi connectivity index (χ4n) is 2.13. The van der Waals surface area contributed by atoms with Crippen LogP contribution in [0.1, 0.15) is 45.4 Å². The van der Waals surface area contributed by atoms with Crippen LogP contribution in [0.2, 0.25) is 0 Å². The third-order valence-corrected chi connectivity index (χ3v) is 3.37. The Labute approximate surface area is 107 Å². The van der Waals surface area contributed by atoms with E-state index in [-0.39, 0.29) is 11.8 Å². The lowest BCUT2D eigenvalue weighted by molar-refractivity contribution is -0.138. The van der Waals surface area contributed by atoms with Crippen LogP contribution >= 0.6 is 0 Å². The molecule has 0 aromatic rings. The van der Waals surface area contributed by atoms with E-state index >= 15 is 0 Å². The summed E-state index contributed by atoms with van der Waals surface area (Å²) < 4.78 is 0. The second-order valence-corrected chi connectivity index (χ2v) is 5.00. The van der Waals surface area contributed by atoms with Crippen LogP contribution < -0.4 is 5.73 Å². The van der Waals surface area contributed by atoms with Crippen LogP contribution in [0.4, 0.5) is 0 Å². The van der Waals surface area contributed by atoms with Crippen molar-refractivity contribution in [3.8, 4) is 0 Å². The van der Waals surface area contributed by atoms with Crippen molar-refractivity contribution in [3.63, 3.8) is 0 Å². The second-order valence-electron chi connectivity index (χ2n) is 5.00. The zero-order valence-electron chi connectivity index (χ0n) is 10.8. The Morgan fingerprint density at radius 3 is 2.72 bits per heavy atom. The molecule has 0 radical (unpaired) electrons. The van der Waals surface area contributed by atoms with E-state index in [2.05, 4.69) is 4.99 Å². The molecular formula is C13H22N2O3. The Kier molecular flexibility index (Phi) is 5.98. The molecule has 1 heterocycles. The number of aliphatic imine (C=N–C) groups is 1. The number of nitrogens with two attached hydrogens (primary N) is 1. The van der Waals surface area contributed by atoms with E-state index < -0.39 is 12.0 Å². The van der Waals surface area contributed by atoms with Gasteiger partial charge in [0.25, 0.3) is 0 Å². The largest absolute Gasteiger partial charge is 0.480 e. The first-order valence-electron chi connectivity index (χ1n) is 6.55. The standard InChI is InChI=1S/C13H22N2O3/c1-9-7-8-15-12(9)11(16)6-4-2-3-5-10(14)13(17)18/h8-10,12H,2-7,14H2,1H3,(H,17,18)/t9?,10-,12-/m1/s1. The lowest BCUT2D eigenvalue weighted by Crippen LogP contribution is -2.29. The van der Waals surface area contributed by atoms with Gasteiger partial charge in [-0.2, -0.15) is 0 Å². The minimum absolute atomic E-state index is 0.147. The highest BCUT2D eigenvalue weighted by atomic mass is 16.4. The van der Waals surface area contributed by atoms with Crippen LogP contribution in [0.15, 0.2) is 4.99 Å². The minimum Gasteiger partial charge on any atom is -0.480 e. The number of aliphatic carboxylic acids is 1. The van der Waals surface area contributed by atoms with E-state index in [0.29, 0.717) is 18.8 Å². The van der Waals surface area contributed by atoms with Gasteiger partial charge in [0.1, 0.15) is 12.1 Å². The molecule has 0 spiro atoms. The quantitative estimate of drug-likeness (QED) is 0.640. The van der Waals surface area contributed by atoms with Gasteiger partial charge in [-0.3, -0.25) is 14.6 Å². The highest BCUT2D eigenvalue weighted by Crippen LogP contribution is 2.20. The molecule has 3 atom stereocenters. The number of carbonyl (C=O) groups is 2. The first kappa shape index (κ1) is 14.8. The Balaban J connectivity index is 2.09. The van der Waals surface area contributed by atoms with Gasteiger partial charge >= 0.3 is 5.97 Å². The molecule has 5 heteroatoms. The summed E-state index contributed by atoms with van der Waals surface area (Å²) in [6.07, 6.45) is 6.13. The zero-order chi connectivity index (χ0) is 13.5. The SMILES string of the molecule is CC1CC=N[C@H]1C(=O)CCCCC[C@@H](N)C(=O)O. The molecule has 1 rings (SSSR count). The monoisotopic (exact) mass is 254 g/mol. The lowest BCUT2D eigenvalue weighted by atomic mass is 9.95. The molecule has 0 bridgehead atoms. The van der Waals surface area contributed by atoms with Crippen LogP contribution in [0.5, 0.6) is 0 Å². The third-order valence-electron chi connectivity index (χ3n) is 3.37. The van der Waals surface area contributed by atoms with Gasteiger partial charge in [0.15, 0.2) is 5.78 Å². The number of hydrogen-bond acceptors (Lipinski definition) is 4. The maximum absolute atomic E-state index is 11.8. The summed E-state index contributed by atoms with van der Waals surface area (Å²) in [5, 5.41) is 8.60. The van der Waals surface area contributed by atoms with Gasteiger partial charge in [-0.25, -0.2) is 0 Å². The average molecular weight is 254 g/mol. The Morgan fingerprint density at radius 1 is 1.44 bits per heavy atom. The molecule has 0 aliphatic carbocycles. The number of Topliss-reactive ketones (excluding diaryl/α,β-unsaturated/α-hetero) is 1. The molecule has 3 N–H and O–H groups in total. The highest BCUT2D eigenvalue weighted by molar-refractivity contribution is 5.87. The molecule has 1 aliphatic rings. The molecule has 5 nitrogen and oxygen atoms in total. The Bertz CT molecular complexity index is 328. The van der Waals surface area contributed by atoms with Crippen LogP contribution in [0.25, 0.3) is 0 Å². The summed E-state index contributed by atoms with van der Waals surface area (Å²) in [6.45, 7) is 2.04. The van der Waals surface area contributed by atoms with Crippen molar-refractivity contribution >= 4 is 18.0 Å². The van der Waals surface area contributed by atoms with E-state index in [1.54, 1.807) is 0 Å². The van der Waals surface area contributed by atoms with Crippen LogP contribution in [0.3, 0.4) is 0 Å². The van der Waals surface area contributed by atoms with Gasteiger partial charge in [0.2, 0.25) is 0 Å². The number of ketones is 1. The molecule has 18 heavy (non-hydrogen) atoms. The van der Waals surface area contributed by atoms with Crippen LogP contribution in [-0.2, 0) is 9.59 Å². The Morgan fingerprint density at radius 2 is 2.17 bits per heavy atom. The summed E-state index contributed by atoms with van der Waals surface area (Å²) in [5.74, 6) is -0.420. The van der Waals surface area contributed by atoms with Gasteiger partial charge in [0, 0.05) is 6.42 Å². The van der Waals surface area contributed by atoms with E-state index in [0.717, 1.165) is 25.7 Å². The van der Waals surface area contributed by atoms with Gasteiger partial charge in [-0.15, -0.1) is 0 Å². The average Bonchev–Trinajstić information content (AvgIpc) is 2.74. The first-order valence-corrected chi connectivity index (χ1v) is 6.55. The molecule has 0 aromatic carbocycles. The molecular weight excluding hydrogens is 232 g/mol. The molecule has 0 saturated heterocycles. The number of rotatable bonds is 8. The number of unbranched alkanes of at least 4 members (excludes halogenated alkanes) is 2. The van der Waals surface area contributed by atoms with Crippen LogP contribution in [-0.4, -0.2) is 35.2 Å². The number of hydrogen-bond donors (Lipinski definition) is 2. The fraction of sp³-hybridized carbons (Fsp3) is 0.769. The minimum atomic E-state index is -0.958. The van der Waals surface area contributed by atoms with E-state index in [4.69, 9.17) is 10.8 Å². The van der Waals surface area contributed by atoms with Gasteiger partial charge in [-0.05, 0) is 31.4 Å². The molecule has 0 amide bonds. The van der Waals surface area contributed by atoms with Crippen molar-refractivity contribution in [1.29, 1.82) is 0 Å². The highest BCUT2D eigenvalue weighted by Gasteiger charge is 2.26. The second kappa shape index (κ2) is 7.26. The van der Waals surface area contributed by atoms with Crippen molar-refractivity contribution < 1.29 is 14.7 Å². The predicted octanol–water partition coefficient (Wildman–Crippen LogP) is 1.40. The van der Waals surface area contributed by atoms with Crippen molar-refractivity contribution in [2.45, 2.75) is 57.5 Å². The van der Waals surface area contributed by atoms with Crippen molar-refractivity contribution in [1.82, 2.24) is 0 Å². The van der Waals surface area contributed by atoms with Gasteiger partial charge < -0.3 is 10.8 Å². The predicted molar refractivity (Wildman–Crippen MR) is 69.8 cm³/mol. The first-order chi connectivity index (χ1) is 8.52. The number of carbonyl (C=O) groups excluding carboxylic acids is 1. The lowest BCUT2D eigenvalue weighted by Gasteiger charge is -2.12. The normalized spacial score (nSPS) is 24.1. The summed E-state index contributed by atoms with van der Waals surface area (Å²) in [5.41, 5.74) is 5.39. The van der Waals surface area contributed by atoms with E-state index in [1.807, 2.05) is 13.1 Å². The number of nitrogens with zero attached hydrogens (tertiary/aromatic N) is 1. The molecule has 0 saturated carbocycles. The molecule has 0 fully saturated rings. The zero-order valence-corrected chi connectivity index (χ0v) is 10.8. The van der Waals surface area contributed by atoms with Gasteiger partial charge in [0.05, 0.1) is 0 Å². The molecule has 1 unspecified atom stereocenters. The van der Waals surface area contributed by atoms with E-state index in [1.165, 1.54) is 0 Å². The molecule has 102 valence electrons. The van der Waals surface area contributed by atoms with Crippen molar-refractivity contribution in [2.24, 2.45) is 16.6 Å². The maximum atomic E-state index is 11.8. The number of carboxylic acid groups (broad SMARTS) is 1. The van der Waals surface area contributed by atoms with Crippen molar-refractivity contribution in [2.75, 3.05) is 0 Å². The smallest absolute Gasteiger partial charge is 0.320 e.